The molecular formula is C14H13N3O2. The standard InChI is InChI=1S/C7H6N2.C7H7NO2/c1-2-4-7-6(3-1)5-8-9-7;8-7(10)5-3-1-2-4-6(5)9/h1-5H,(H,8,9);1-4,9H,(H2,8,10). The number of aromatic hydroxyl groups is 1. The molecule has 0 saturated heterocycles. The van der Waals surface area contributed by atoms with Crippen LogP contribution in [0.4, 0.5) is 0 Å². The van der Waals surface area contributed by atoms with E-state index in [9.17, 15) is 4.79 Å². The minimum atomic E-state index is -0.613. The molecule has 3 rings (SSSR count). The fourth-order valence-electron chi connectivity index (χ4n) is 1.56. The Morgan fingerprint density at radius 2 is 1.79 bits per heavy atom. The first-order chi connectivity index (χ1) is 9.18. The quantitative estimate of drug-likeness (QED) is 0.621. The number of nitrogens with zero attached hydrogens (tertiary/aromatic N) is 1. The van der Waals surface area contributed by atoms with E-state index in [0.717, 1.165) is 10.9 Å². The van der Waals surface area contributed by atoms with Crippen LogP contribution in [-0.4, -0.2) is 21.2 Å². The molecule has 4 N–H and O–H groups in total. The Morgan fingerprint density at radius 3 is 2.42 bits per heavy atom. The van der Waals surface area contributed by atoms with Crippen LogP contribution >= 0.6 is 0 Å². The molecular weight excluding hydrogens is 242 g/mol. The van der Waals surface area contributed by atoms with E-state index in [1.807, 2.05) is 30.5 Å². The molecule has 1 aromatic heterocycles. The molecule has 0 spiro atoms. The third-order valence-corrected chi connectivity index (χ3v) is 2.52. The lowest BCUT2D eigenvalue weighted by Crippen LogP contribution is -2.10. The minimum Gasteiger partial charge on any atom is -0.507 e. The number of fused-ring (bicyclic) bond motifs is 1. The fraction of sp³-hybridized carbons (Fsp3) is 0. The summed E-state index contributed by atoms with van der Waals surface area (Å²) >= 11 is 0. The molecule has 5 nitrogen and oxygen atoms in total. The van der Waals surface area contributed by atoms with Crippen LogP contribution in [0.25, 0.3) is 10.9 Å². The molecule has 0 atom stereocenters. The number of H-pyrrole nitrogens is 1. The molecule has 5 heteroatoms. The number of aromatic amines is 1. The van der Waals surface area contributed by atoms with Gasteiger partial charge in [-0.3, -0.25) is 9.89 Å². The van der Waals surface area contributed by atoms with E-state index in [2.05, 4.69) is 10.2 Å². The van der Waals surface area contributed by atoms with Crippen molar-refractivity contribution >= 4 is 16.8 Å². The normalized spacial score (nSPS) is 9.68. The van der Waals surface area contributed by atoms with Crippen LogP contribution in [0.15, 0.2) is 54.7 Å². The zero-order valence-corrected chi connectivity index (χ0v) is 10.1. The van der Waals surface area contributed by atoms with Crippen molar-refractivity contribution in [3.8, 4) is 5.75 Å². The summed E-state index contributed by atoms with van der Waals surface area (Å²) in [5.74, 6) is -0.687. The lowest BCUT2D eigenvalue weighted by molar-refractivity contribution is 0.0998. The van der Waals surface area contributed by atoms with Gasteiger partial charge in [0.1, 0.15) is 5.75 Å². The van der Waals surface area contributed by atoms with Crippen LogP contribution in [0.1, 0.15) is 10.4 Å². The summed E-state index contributed by atoms with van der Waals surface area (Å²) in [7, 11) is 0. The molecule has 19 heavy (non-hydrogen) atoms. The molecule has 0 aliphatic rings. The van der Waals surface area contributed by atoms with Crippen LogP contribution in [0.3, 0.4) is 0 Å². The SMILES string of the molecule is NC(=O)c1ccccc1O.c1ccc2[nH]ncc2c1. The third kappa shape index (κ3) is 3.10. The molecule has 0 radical (unpaired) electrons. The van der Waals surface area contributed by atoms with Gasteiger partial charge in [0.25, 0.3) is 5.91 Å². The molecule has 3 aromatic rings. The van der Waals surface area contributed by atoms with Crippen LogP contribution in [-0.2, 0) is 0 Å². The van der Waals surface area contributed by atoms with Gasteiger partial charge in [0, 0.05) is 5.39 Å². The van der Waals surface area contributed by atoms with Gasteiger partial charge in [0.05, 0.1) is 17.3 Å². The first kappa shape index (κ1) is 12.6. The third-order valence-electron chi connectivity index (χ3n) is 2.52. The minimum absolute atomic E-state index is 0.0741. The fourth-order valence-corrected chi connectivity index (χ4v) is 1.56. The second kappa shape index (κ2) is 5.68. The average molecular weight is 255 g/mol. The molecule has 2 aromatic carbocycles. The highest BCUT2D eigenvalue weighted by molar-refractivity contribution is 5.95. The van der Waals surface area contributed by atoms with E-state index >= 15 is 0 Å². The smallest absolute Gasteiger partial charge is 0.252 e. The predicted molar refractivity (Wildman–Crippen MR) is 72.7 cm³/mol. The Labute approximate surface area is 109 Å². The monoisotopic (exact) mass is 255 g/mol. The molecule has 0 aliphatic heterocycles. The maximum Gasteiger partial charge on any atom is 0.252 e. The number of carbonyl (C=O) groups is 1. The summed E-state index contributed by atoms with van der Waals surface area (Å²) in [6.07, 6.45) is 1.81. The van der Waals surface area contributed by atoms with Crippen molar-refractivity contribution in [2.45, 2.75) is 0 Å². The summed E-state index contributed by atoms with van der Waals surface area (Å²) in [5, 5.41) is 16.9. The molecule has 0 unspecified atom stereocenters. The second-order valence-corrected chi connectivity index (χ2v) is 3.84. The number of para-hydroxylation sites is 2. The van der Waals surface area contributed by atoms with Gasteiger partial charge in [0.15, 0.2) is 0 Å². The number of nitrogens with two attached hydrogens (primary N) is 1. The first-order valence-electron chi connectivity index (χ1n) is 5.64. The molecule has 0 fully saturated rings. The zero-order valence-electron chi connectivity index (χ0n) is 10.1. The summed E-state index contributed by atoms with van der Waals surface area (Å²) in [4.78, 5) is 10.5. The van der Waals surface area contributed by atoms with Gasteiger partial charge in [-0.1, -0.05) is 30.3 Å². The van der Waals surface area contributed by atoms with E-state index in [4.69, 9.17) is 10.8 Å². The number of carbonyl (C=O) groups excluding carboxylic acids is 1. The largest absolute Gasteiger partial charge is 0.507 e. The summed E-state index contributed by atoms with van der Waals surface area (Å²) < 4.78 is 0. The van der Waals surface area contributed by atoms with E-state index in [1.165, 1.54) is 12.1 Å². The van der Waals surface area contributed by atoms with Gasteiger partial charge >= 0.3 is 0 Å². The van der Waals surface area contributed by atoms with E-state index in [1.54, 1.807) is 12.1 Å². The number of amides is 1. The number of nitrogens with one attached hydrogen (secondary N) is 1. The number of hydrogen-bond acceptors (Lipinski definition) is 3. The van der Waals surface area contributed by atoms with Crippen LogP contribution in [0.2, 0.25) is 0 Å². The number of phenols is 1. The maximum atomic E-state index is 10.5. The molecule has 1 heterocycles. The Bertz CT molecular complexity index is 661. The highest BCUT2D eigenvalue weighted by atomic mass is 16.3. The predicted octanol–water partition coefficient (Wildman–Crippen LogP) is 2.05. The van der Waals surface area contributed by atoms with Crippen LogP contribution in [0.5, 0.6) is 5.75 Å². The number of benzene rings is 2. The van der Waals surface area contributed by atoms with Gasteiger partial charge in [-0.15, -0.1) is 0 Å². The molecule has 0 aliphatic carbocycles. The lowest BCUT2D eigenvalue weighted by atomic mass is 10.2. The van der Waals surface area contributed by atoms with Crippen molar-refractivity contribution in [2.24, 2.45) is 5.73 Å². The lowest BCUT2D eigenvalue weighted by Gasteiger charge is -1.96. The topological polar surface area (TPSA) is 92.0 Å². The van der Waals surface area contributed by atoms with Gasteiger partial charge in [0.2, 0.25) is 0 Å². The van der Waals surface area contributed by atoms with Crippen LogP contribution < -0.4 is 5.73 Å². The first-order valence-corrected chi connectivity index (χ1v) is 5.64. The van der Waals surface area contributed by atoms with Gasteiger partial charge in [-0.25, -0.2) is 0 Å². The Hall–Kier alpha value is -2.82. The second-order valence-electron chi connectivity index (χ2n) is 3.84. The van der Waals surface area contributed by atoms with Crippen molar-refractivity contribution in [2.75, 3.05) is 0 Å². The van der Waals surface area contributed by atoms with Gasteiger partial charge in [-0.2, -0.15) is 5.10 Å². The van der Waals surface area contributed by atoms with Crippen molar-refractivity contribution in [1.29, 1.82) is 0 Å². The Kier molecular flexibility index (Phi) is 3.78. The van der Waals surface area contributed by atoms with Crippen molar-refractivity contribution < 1.29 is 9.90 Å². The number of primary amides is 1. The van der Waals surface area contributed by atoms with Crippen molar-refractivity contribution in [3.05, 3.63) is 60.3 Å². The molecule has 0 bridgehead atoms. The van der Waals surface area contributed by atoms with E-state index < -0.39 is 5.91 Å². The number of rotatable bonds is 1. The van der Waals surface area contributed by atoms with Crippen molar-refractivity contribution in [3.63, 3.8) is 0 Å². The van der Waals surface area contributed by atoms with Crippen molar-refractivity contribution in [1.82, 2.24) is 10.2 Å². The average Bonchev–Trinajstić information content (AvgIpc) is 2.88. The Morgan fingerprint density at radius 1 is 1.11 bits per heavy atom. The summed E-state index contributed by atoms with van der Waals surface area (Å²) in [5.41, 5.74) is 6.17. The van der Waals surface area contributed by atoms with E-state index in [-0.39, 0.29) is 11.3 Å². The molecule has 1 amide bonds. The highest BCUT2D eigenvalue weighted by Crippen LogP contribution is 2.13. The van der Waals surface area contributed by atoms with Gasteiger partial charge < -0.3 is 10.8 Å². The number of aromatic nitrogens is 2. The van der Waals surface area contributed by atoms with Crippen LogP contribution in [0, 0.1) is 0 Å². The van der Waals surface area contributed by atoms with E-state index in [0.29, 0.717) is 0 Å². The summed E-state index contributed by atoms with van der Waals surface area (Å²) in [6, 6.07) is 14.2. The zero-order chi connectivity index (χ0) is 13.7. The maximum absolute atomic E-state index is 10.5. The highest BCUT2D eigenvalue weighted by Gasteiger charge is 2.03. The molecule has 96 valence electrons. The summed E-state index contributed by atoms with van der Waals surface area (Å²) in [6.45, 7) is 0. The Balaban J connectivity index is 0.000000141. The molecule has 0 saturated carbocycles. The number of hydrogen-bond donors (Lipinski definition) is 3. The van der Waals surface area contributed by atoms with Gasteiger partial charge in [-0.05, 0) is 18.2 Å².